The summed E-state index contributed by atoms with van der Waals surface area (Å²) in [6.45, 7) is 0. The summed E-state index contributed by atoms with van der Waals surface area (Å²) >= 11 is 1.23. The molecule has 0 aromatic heterocycles. The Balaban J connectivity index is 1.54. The molecule has 2 aromatic carbocycles. The van der Waals surface area contributed by atoms with E-state index in [1.54, 1.807) is 36.6 Å². The van der Waals surface area contributed by atoms with Crippen LogP contribution in [0.3, 0.4) is 0 Å². The molecule has 1 aliphatic rings. The summed E-state index contributed by atoms with van der Waals surface area (Å²) in [5, 5.41) is 10.5. The average Bonchev–Trinajstić information content (AvgIpc) is 3.02. The zero-order valence-electron chi connectivity index (χ0n) is 13.9. The number of nitrogens with one attached hydrogen (secondary N) is 1. The summed E-state index contributed by atoms with van der Waals surface area (Å²) in [6.07, 6.45) is 5.37. The van der Waals surface area contributed by atoms with Gasteiger partial charge in [-0.15, -0.1) is 5.10 Å². The van der Waals surface area contributed by atoms with Gasteiger partial charge in [0.15, 0.2) is 11.0 Å². The molecule has 26 heavy (non-hydrogen) atoms. The minimum atomic E-state index is -0.475. The normalized spacial score (nSPS) is 18.7. The maximum absolute atomic E-state index is 12.2. The number of hydrogen-bond donors (Lipinski definition) is 1. The van der Waals surface area contributed by atoms with E-state index in [9.17, 15) is 9.59 Å². The second-order valence-electron chi connectivity index (χ2n) is 5.53. The summed E-state index contributed by atoms with van der Waals surface area (Å²) in [5.41, 5.74) is 1.67. The molecule has 0 bridgehead atoms. The van der Waals surface area contributed by atoms with Crippen LogP contribution in [0.4, 0.5) is 0 Å². The first kappa shape index (κ1) is 17.8. The van der Waals surface area contributed by atoms with Gasteiger partial charge < -0.3 is 5.32 Å². The first-order valence-electron chi connectivity index (χ1n) is 8.11. The topological polar surface area (TPSA) is 70.9 Å². The van der Waals surface area contributed by atoms with Crippen LogP contribution in [0.15, 0.2) is 76.9 Å². The largest absolute Gasteiger partial charge is 0.303 e. The molecule has 3 rings (SSSR count). The molecule has 1 aliphatic heterocycles. The van der Waals surface area contributed by atoms with E-state index >= 15 is 0 Å². The number of rotatable bonds is 6. The molecule has 130 valence electrons. The summed E-state index contributed by atoms with van der Waals surface area (Å²) in [7, 11) is 0. The molecular weight excluding hydrogens is 346 g/mol. The number of allylic oxidation sites excluding steroid dienone is 1. The van der Waals surface area contributed by atoms with Gasteiger partial charge in [-0.05, 0) is 11.6 Å². The molecule has 1 fully saturated rings. The van der Waals surface area contributed by atoms with Gasteiger partial charge in [-0.25, -0.2) is 0 Å². The van der Waals surface area contributed by atoms with Gasteiger partial charge in [0, 0.05) is 18.2 Å². The first-order valence-corrected chi connectivity index (χ1v) is 8.99. The van der Waals surface area contributed by atoms with Crippen LogP contribution in [-0.2, 0) is 4.79 Å². The molecular formula is C20H17N3O2S. The number of Topliss-reactive ketones (excluding diaryl/α,β-unsaturated/α-hetero) is 1. The Morgan fingerprint density at radius 3 is 2.50 bits per heavy atom. The number of carbonyl (C=O) groups excluding carboxylic acids is 2. The van der Waals surface area contributed by atoms with Crippen molar-refractivity contribution in [2.75, 3.05) is 0 Å². The lowest BCUT2D eigenvalue weighted by Crippen LogP contribution is -2.26. The van der Waals surface area contributed by atoms with E-state index < -0.39 is 5.25 Å². The highest BCUT2D eigenvalue weighted by Crippen LogP contribution is 2.24. The van der Waals surface area contributed by atoms with Crippen LogP contribution < -0.4 is 5.32 Å². The van der Waals surface area contributed by atoms with E-state index in [2.05, 4.69) is 15.5 Å². The molecule has 0 spiro atoms. The number of nitrogens with zero attached hydrogens (tertiary/aromatic N) is 2. The molecule has 5 nitrogen and oxygen atoms in total. The van der Waals surface area contributed by atoms with Crippen molar-refractivity contribution in [1.82, 2.24) is 5.32 Å². The zero-order chi connectivity index (χ0) is 18.2. The van der Waals surface area contributed by atoms with Crippen LogP contribution in [0, 0.1) is 0 Å². The molecule has 1 heterocycles. The average molecular weight is 363 g/mol. The standard InChI is InChI=1S/C20H17N3O2S/c24-17(16-11-5-2-6-12-16)14-18-19(25)22-20(26-18)23-21-13-7-10-15-8-3-1-4-9-15/h1-13,18H,14H2,(H,22,23,25). The van der Waals surface area contributed by atoms with E-state index in [0.717, 1.165) is 5.56 Å². The van der Waals surface area contributed by atoms with E-state index in [1.165, 1.54) is 11.8 Å². The van der Waals surface area contributed by atoms with Gasteiger partial charge in [-0.2, -0.15) is 5.10 Å². The minimum Gasteiger partial charge on any atom is -0.303 e. The van der Waals surface area contributed by atoms with Crippen LogP contribution >= 0.6 is 11.8 Å². The molecule has 1 saturated heterocycles. The molecule has 0 radical (unpaired) electrons. The minimum absolute atomic E-state index is 0.0613. The number of hydrogen-bond acceptors (Lipinski definition) is 5. The highest BCUT2D eigenvalue weighted by Gasteiger charge is 2.32. The van der Waals surface area contributed by atoms with Crippen molar-refractivity contribution in [3.8, 4) is 0 Å². The maximum Gasteiger partial charge on any atom is 0.240 e. The van der Waals surface area contributed by atoms with Gasteiger partial charge in [-0.1, -0.05) is 78.5 Å². The number of ketones is 1. The Labute approximate surface area is 155 Å². The van der Waals surface area contributed by atoms with Gasteiger partial charge >= 0.3 is 0 Å². The Hall–Kier alpha value is -2.99. The van der Waals surface area contributed by atoms with E-state index in [0.29, 0.717) is 10.7 Å². The Bertz CT molecular complexity index is 861. The van der Waals surface area contributed by atoms with Gasteiger partial charge in [0.2, 0.25) is 5.91 Å². The van der Waals surface area contributed by atoms with Gasteiger partial charge in [0.05, 0.1) is 5.25 Å². The fourth-order valence-electron chi connectivity index (χ4n) is 2.34. The lowest BCUT2D eigenvalue weighted by Gasteiger charge is -2.04. The number of thioether (sulfide) groups is 1. The Morgan fingerprint density at radius 2 is 1.77 bits per heavy atom. The van der Waals surface area contributed by atoms with E-state index in [-0.39, 0.29) is 18.1 Å². The molecule has 6 heteroatoms. The summed E-state index contributed by atoms with van der Waals surface area (Å²) in [4.78, 5) is 24.2. The van der Waals surface area contributed by atoms with Crippen LogP contribution in [0.1, 0.15) is 22.3 Å². The van der Waals surface area contributed by atoms with E-state index in [4.69, 9.17) is 0 Å². The molecule has 1 amide bonds. The number of benzene rings is 2. The molecule has 1 unspecified atom stereocenters. The predicted octanol–water partition coefficient (Wildman–Crippen LogP) is 3.55. The third-order valence-corrected chi connectivity index (χ3v) is 4.70. The summed E-state index contributed by atoms with van der Waals surface area (Å²) in [5.74, 6) is -0.276. The van der Waals surface area contributed by atoms with Crippen LogP contribution in [-0.4, -0.2) is 28.3 Å². The molecule has 2 aromatic rings. The highest BCUT2D eigenvalue weighted by molar-refractivity contribution is 8.15. The molecule has 1 atom stereocenters. The fourth-order valence-corrected chi connectivity index (χ4v) is 3.26. The molecule has 0 aliphatic carbocycles. The van der Waals surface area contributed by atoms with Crippen molar-refractivity contribution < 1.29 is 9.59 Å². The predicted molar refractivity (Wildman–Crippen MR) is 106 cm³/mol. The van der Waals surface area contributed by atoms with Crippen molar-refractivity contribution in [2.45, 2.75) is 11.7 Å². The van der Waals surface area contributed by atoms with Crippen molar-refractivity contribution in [2.24, 2.45) is 10.2 Å². The third kappa shape index (κ3) is 5.00. The quantitative estimate of drug-likeness (QED) is 0.485. The van der Waals surface area contributed by atoms with Crippen LogP contribution in [0.2, 0.25) is 0 Å². The lowest BCUT2D eigenvalue weighted by molar-refractivity contribution is -0.118. The second-order valence-corrected chi connectivity index (χ2v) is 6.72. The highest BCUT2D eigenvalue weighted by atomic mass is 32.2. The zero-order valence-corrected chi connectivity index (χ0v) is 14.7. The summed E-state index contributed by atoms with van der Waals surface area (Å²) < 4.78 is 0. The number of carbonyl (C=O) groups is 2. The van der Waals surface area contributed by atoms with Crippen molar-refractivity contribution in [3.05, 3.63) is 77.9 Å². The third-order valence-electron chi connectivity index (χ3n) is 3.63. The smallest absolute Gasteiger partial charge is 0.240 e. The van der Waals surface area contributed by atoms with Crippen LogP contribution in [0.25, 0.3) is 6.08 Å². The number of amides is 1. The van der Waals surface area contributed by atoms with Crippen molar-refractivity contribution in [3.63, 3.8) is 0 Å². The van der Waals surface area contributed by atoms with Crippen molar-refractivity contribution in [1.29, 1.82) is 0 Å². The molecule has 1 N–H and O–H groups in total. The van der Waals surface area contributed by atoms with Gasteiger partial charge in [0.25, 0.3) is 0 Å². The monoisotopic (exact) mass is 363 g/mol. The van der Waals surface area contributed by atoms with Crippen LogP contribution in [0.5, 0.6) is 0 Å². The Kier molecular flexibility index (Phi) is 6.11. The lowest BCUT2D eigenvalue weighted by atomic mass is 10.1. The Morgan fingerprint density at radius 1 is 1.08 bits per heavy atom. The van der Waals surface area contributed by atoms with E-state index in [1.807, 2.05) is 42.5 Å². The SMILES string of the molecule is O=C(CC1S/C(=N/N=CC=Cc2ccccc2)NC1=O)c1ccccc1. The maximum atomic E-state index is 12.2. The van der Waals surface area contributed by atoms with Gasteiger partial charge in [0.1, 0.15) is 0 Å². The van der Waals surface area contributed by atoms with Gasteiger partial charge in [-0.3, -0.25) is 9.59 Å². The molecule has 0 saturated carbocycles. The second kappa shape index (κ2) is 8.92. The fraction of sp³-hybridized carbons (Fsp3) is 0.100. The summed E-state index contributed by atoms with van der Waals surface area (Å²) in [6, 6.07) is 18.8. The number of amidine groups is 1. The van der Waals surface area contributed by atoms with Crippen molar-refractivity contribution >= 4 is 40.9 Å². The first-order chi connectivity index (χ1) is 12.7.